The fourth-order valence-electron chi connectivity index (χ4n) is 3.40. The van der Waals surface area contributed by atoms with Gasteiger partial charge in [-0.25, -0.2) is 8.42 Å². The molecule has 0 aliphatic carbocycles. The van der Waals surface area contributed by atoms with Crippen molar-refractivity contribution in [2.45, 2.75) is 31.3 Å². The first-order valence-corrected chi connectivity index (χ1v) is 11.7. The molecule has 0 atom stereocenters. The minimum atomic E-state index is -3.74. The maximum absolute atomic E-state index is 13.3. The number of nitrogens with zero attached hydrogens (tertiary/aromatic N) is 1. The molecule has 1 aliphatic heterocycles. The van der Waals surface area contributed by atoms with Crippen LogP contribution in [0.1, 0.15) is 29.8 Å². The van der Waals surface area contributed by atoms with Crippen LogP contribution < -0.4 is 14.8 Å². The predicted molar refractivity (Wildman–Crippen MR) is 121 cm³/mol. The molecular weight excluding hydrogens is 428 g/mol. The zero-order valence-corrected chi connectivity index (χ0v) is 18.6. The Morgan fingerprint density at radius 3 is 2.34 bits per heavy atom. The Morgan fingerprint density at radius 2 is 1.66 bits per heavy atom. The van der Waals surface area contributed by atoms with E-state index in [-0.39, 0.29) is 30.2 Å². The van der Waals surface area contributed by atoms with Gasteiger partial charge in [-0.15, -0.1) is 0 Å². The van der Waals surface area contributed by atoms with Gasteiger partial charge in [0.05, 0.1) is 4.90 Å². The van der Waals surface area contributed by atoms with Crippen molar-refractivity contribution in [2.24, 2.45) is 0 Å². The Hall–Kier alpha value is -3.36. The van der Waals surface area contributed by atoms with Gasteiger partial charge in [0.25, 0.3) is 5.91 Å². The van der Waals surface area contributed by atoms with Crippen molar-refractivity contribution < 1.29 is 22.7 Å². The Kier molecular flexibility index (Phi) is 6.16. The van der Waals surface area contributed by atoms with Gasteiger partial charge in [0.1, 0.15) is 0 Å². The van der Waals surface area contributed by atoms with Crippen molar-refractivity contribution in [3.8, 4) is 11.5 Å². The van der Waals surface area contributed by atoms with E-state index < -0.39 is 10.0 Å². The number of amides is 1. The lowest BCUT2D eigenvalue weighted by atomic mass is 10.2. The minimum Gasteiger partial charge on any atom is -0.454 e. The van der Waals surface area contributed by atoms with Gasteiger partial charge in [0, 0.05) is 29.9 Å². The third-order valence-corrected chi connectivity index (χ3v) is 7.15. The number of fused-ring (bicyclic) bond motifs is 1. The number of hydrogen-bond acceptors (Lipinski definition) is 5. The van der Waals surface area contributed by atoms with Gasteiger partial charge in [-0.1, -0.05) is 30.3 Å². The Morgan fingerprint density at radius 1 is 0.969 bits per heavy atom. The topological polar surface area (TPSA) is 84.9 Å². The summed E-state index contributed by atoms with van der Waals surface area (Å²) in [7, 11) is -3.74. The molecule has 8 heteroatoms. The average molecular weight is 453 g/mol. The summed E-state index contributed by atoms with van der Waals surface area (Å²) >= 11 is 0. The minimum absolute atomic E-state index is 0.141. The Balaban J connectivity index is 1.50. The van der Waals surface area contributed by atoms with Crippen LogP contribution in [-0.4, -0.2) is 31.5 Å². The molecule has 166 valence electrons. The van der Waals surface area contributed by atoms with Crippen LogP contribution >= 0.6 is 0 Å². The summed E-state index contributed by atoms with van der Waals surface area (Å²) in [5, 5.41) is 2.79. The van der Waals surface area contributed by atoms with E-state index in [0.29, 0.717) is 22.7 Å². The summed E-state index contributed by atoms with van der Waals surface area (Å²) in [5.41, 5.74) is 1.81. The predicted octanol–water partition coefficient (Wildman–Crippen LogP) is 4.27. The van der Waals surface area contributed by atoms with E-state index in [4.69, 9.17) is 9.47 Å². The molecule has 0 aromatic heterocycles. The maximum Gasteiger partial charge on any atom is 0.255 e. The van der Waals surface area contributed by atoms with Gasteiger partial charge in [0.2, 0.25) is 16.8 Å². The number of ether oxygens (including phenoxy) is 2. The van der Waals surface area contributed by atoms with Crippen LogP contribution in [0.25, 0.3) is 0 Å². The van der Waals surface area contributed by atoms with Crippen LogP contribution in [0.3, 0.4) is 0 Å². The number of nitrogens with one attached hydrogen (secondary N) is 1. The van der Waals surface area contributed by atoms with E-state index in [2.05, 4.69) is 5.32 Å². The number of hydrogen-bond donors (Lipinski definition) is 1. The summed E-state index contributed by atoms with van der Waals surface area (Å²) in [4.78, 5) is 12.8. The Bertz CT molecular complexity index is 1210. The second-order valence-electron chi connectivity index (χ2n) is 7.68. The average Bonchev–Trinajstić information content (AvgIpc) is 3.26. The van der Waals surface area contributed by atoms with Crippen LogP contribution in [0.4, 0.5) is 5.69 Å². The molecule has 0 saturated heterocycles. The molecule has 4 rings (SSSR count). The molecule has 0 fully saturated rings. The number of sulfonamides is 1. The van der Waals surface area contributed by atoms with Crippen molar-refractivity contribution in [2.75, 3.05) is 12.1 Å². The first kappa shape index (κ1) is 21.9. The summed E-state index contributed by atoms with van der Waals surface area (Å²) in [6.07, 6.45) is 0. The molecule has 32 heavy (non-hydrogen) atoms. The number of carbonyl (C=O) groups is 1. The van der Waals surface area contributed by atoms with Crippen LogP contribution in [0.2, 0.25) is 0 Å². The molecule has 1 amide bonds. The number of rotatable bonds is 7. The van der Waals surface area contributed by atoms with Crippen LogP contribution in [0.15, 0.2) is 77.7 Å². The fraction of sp³-hybridized carbons (Fsp3) is 0.208. The van der Waals surface area contributed by atoms with Crippen LogP contribution in [0.5, 0.6) is 11.5 Å². The fourth-order valence-corrected chi connectivity index (χ4v) is 5.02. The lowest BCUT2D eigenvalue weighted by Crippen LogP contribution is -2.36. The maximum atomic E-state index is 13.3. The SMILES string of the molecule is CC(C)N(Cc1ccccc1)S(=O)(=O)c1ccc(C(=O)Nc2ccc3c(c2)OCO3)cc1. The molecule has 3 aromatic rings. The zero-order chi connectivity index (χ0) is 22.7. The Labute approximate surface area is 187 Å². The van der Waals surface area contributed by atoms with Crippen LogP contribution in [-0.2, 0) is 16.6 Å². The molecule has 0 spiro atoms. The van der Waals surface area contributed by atoms with Gasteiger partial charge in [-0.2, -0.15) is 4.31 Å². The van der Waals surface area contributed by atoms with E-state index in [1.807, 2.05) is 44.2 Å². The van der Waals surface area contributed by atoms with E-state index in [0.717, 1.165) is 5.56 Å². The highest BCUT2D eigenvalue weighted by atomic mass is 32.2. The second-order valence-corrected chi connectivity index (χ2v) is 9.57. The van der Waals surface area contributed by atoms with E-state index >= 15 is 0 Å². The monoisotopic (exact) mass is 452 g/mol. The molecule has 0 radical (unpaired) electrons. The first-order valence-electron chi connectivity index (χ1n) is 10.2. The van der Waals surface area contributed by atoms with E-state index in [1.165, 1.54) is 28.6 Å². The van der Waals surface area contributed by atoms with E-state index in [1.54, 1.807) is 18.2 Å². The molecule has 1 aliphatic rings. The smallest absolute Gasteiger partial charge is 0.255 e. The largest absolute Gasteiger partial charge is 0.454 e. The van der Waals surface area contributed by atoms with E-state index in [9.17, 15) is 13.2 Å². The summed E-state index contributed by atoms with van der Waals surface area (Å²) in [5.74, 6) is 0.844. The van der Waals surface area contributed by atoms with Gasteiger partial charge < -0.3 is 14.8 Å². The summed E-state index contributed by atoms with van der Waals surface area (Å²) in [6, 6.07) is 20.3. The second kappa shape index (κ2) is 9.02. The van der Waals surface area contributed by atoms with Gasteiger partial charge in [-0.05, 0) is 55.8 Å². The van der Waals surface area contributed by atoms with Crippen molar-refractivity contribution in [3.05, 3.63) is 83.9 Å². The number of benzene rings is 3. The number of carbonyl (C=O) groups excluding carboxylic acids is 1. The molecule has 0 bridgehead atoms. The lowest BCUT2D eigenvalue weighted by Gasteiger charge is -2.26. The highest BCUT2D eigenvalue weighted by Crippen LogP contribution is 2.34. The molecule has 3 aromatic carbocycles. The standard InChI is InChI=1S/C24H24N2O5S/c1-17(2)26(15-18-6-4-3-5-7-18)32(28,29)21-11-8-19(9-12-21)24(27)25-20-10-13-22-23(14-20)31-16-30-22/h3-14,17H,15-16H2,1-2H3,(H,25,27). The van der Waals surface area contributed by atoms with Crippen molar-refractivity contribution in [1.82, 2.24) is 4.31 Å². The molecule has 0 saturated carbocycles. The lowest BCUT2D eigenvalue weighted by molar-refractivity contribution is 0.102. The number of anilines is 1. The molecule has 7 nitrogen and oxygen atoms in total. The van der Waals surface area contributed by atoms with Crippen LogP contribution in [0, 0.1) is 0 Å². The summed E-state index contributed by atoms with van der Waals surface area (Å²) in [6.45, 7) is 4.11. The zero-order valence-electron chi connectivity index (χ0n) is 17.8. The van der Waals surface area contributed by atoms with Crippen molar-refractivity contribution >= 4 is 21.6 Å². The third-order valence-electron chi connectivity index (χ3n) is 5.11. The molecular formula is C24H24N2O5S. The van der Waals surface area contributed by atoms with Gasteiger partial charge >= 0.3 is 0 Å². The highest BCUT2D eigenvalue weighted by molar-refractivity contribution is 7.89. The van der Waals surface area contributed by atoms with Crippen molar-refractivity contribution in [3.63, 3.8) is 0 Å². The quantitative estimate of drug-likeness (QED) is 0.579. The molecule has 1 heterocycles. The third kappa shape index (κ3) is 4.61. The van der Waals surface area contributed by atoms with Gasteiger partial charge in [-0.3, -0.25) is 4.79 Å². The summed E-state index contributed by atoms with van der Waals surface area (Å²) < 4.78 is 38.5. The van der Waals surface area contributed by atoms with Gasteiger partial charge in [0.15, 0.2) is 11.5 Å². The normalized spacial score (nSPS) is 12.9. The molecule has 1 N–H and O–H groups in total. The highest BCUT2D eigenvalue weighted by Gasteiger charge is 2.27. The van der Waals surface area contributed by atoms with Crippen molar-refractivity contribution in [1.29, 1.82) is 0 Å². The molecule has 0 unspecified atom stereocenters. The first-order chi connectivity index (χ1) is 15.3.